The molecule has 3 aromatic rings. The highest BCUT2D eigenvalue weighted by Crippen LogP contribution is 2.25. The zero-order valence-electron chi connectivity index (χ0n) is 11.8. The standard InChI is InChI=1S/C13H16N6S.ClH/c1-19(2)5-6-20-13-16-12-11(17-18-13)9-7-8(14)3-4-10(9)15-12;/h3-4,7H,5-6,14H2,1-2H3,(H,15,16,18);1H. The molecule has 8 heteroatoms. The molecule has 3 rings (SSSR count). The van der Waals surface area contributed by atoms with Crippen molar-refractivity contribution in [2.75, 3.05) is 32.1 Å². The van der Waals surface area contributed by atoms with Gasteiger partial charge in [-0.1, -0.05) is 11.8 Å². The summed E-state index contributed by atoms with van der Waals surface area (Å²) >= 11 is 1.61. The lowest BCUT2D eigenvalue weighted by atomic mass is 10.2. The summed E-state index contributed by atoms with van der Waals surface area (Å²) in [6.45, 7) is 0.981. The monoisotopic (exact) mass is 324 g/mol. The van der Waals surface area contributed by atoms with Gasteiger partial charge in [-0.2, -0.15) is 0 Å². The highest BCUT2D eigenvalue weighted by atomic mass is 35.5. The summed E-state index contributed by atoms with van der Waals surface area (Å²) in [4.78, 5) is 9.89. The van der Waals surface area contributed by atoms with E-state index >= 15 is 0 Å². The van der Waals surface area contributed by atoms with Gasteiger partial charge in [0.1, 0.15) is 5.52 Å². The molecule has 0 spiro atoms. The van der Waals surface area contributed by atoms with Gasteiger partial charge in [-0.15, -0.1) is 22.6 Å². The van der Waals surface area contributed by atoms with Crippen LogP contribution in [-0.4, -0.2) is 51.5 Å². The number of benzene rings is 1. The van der Waals surface area contributed by atoms with Crippen LogP contribution in [0.4, 0.5) is 5.69 Å². The maximum absolute atomic E-state index is 5.81. The molecule has 2 aromatic heterocycles. The number of hydrogen-bond donors (Lipinski definition) is 2. The van der Waals surface area contributed by atoms with E-state index in [0.29, 0.717) is 10.8 Å². The second kappa shape index (κ2) is 6.46. The molecule has 0 aliphatic rings. The van der Waals surface area contributed by atoms with Crippen LogP contribution in [0.15, 0.2) is 23.4 Å². The number of aromatic amines is 1. The maximum atomic E-state index is 5.81. The predicted molar refractivity (Wildman–Crippen MR) is 90.1 cm³/mol. The summed E-state index contributed by atoms with van der Waals surface area (Å²) in [6.07, 6.45) is 0. The SMILES string of the molecule is CN(C)CCSc1nnc2c(n1)[nH]c1ccc(N)cc12.Cl. The molecule has 0 bridgehead atoms. The second-order valence-electron chi connectivity index (χ2n) is 4.87. The number of thioether (sulfide) groups is 1. The average molecular weight is 325 g/mol. The molecular weight excluding hydrogens is 308 g/mol. The Kier molecular flexibility index (Phi) is 4.87. The number of anilines is 1. The van der Waals surface area contributed by atoms with E-state index in [9.17, 15) is 0 Å². The van der Waals surface area contributed by atoms with Crippen molar-refractivity contribution in [1.82, 2.24) is 25.1 Å². The van der Waals surface area contributed by atoms with Crippen LogP contribution in [0.25, 0.3) is 22.1 Å². The molecule has 0 aliphatic heterocycles. The van der Waals surface area contributed by atoms with E-state index in [-0.39, 0.29) is 12.4 Å². The number of nitrogens with one attached hydrogen (secondary N) is 1. The molecule has 6 nitrogen and oxygen atoms in total. The average Bonchev–Trinajstić information content (AvgIpc) is 2.75. The first-order valence-corrected chi connectivity index (χ1v) is 7.31. The lowest BCUT2D eigenvalue weighted by molar-refractivity contribution is 0.437. The highest BCUT2D eigenvalue weighted by molar-refractivity contribution is 7.99. The Hall–Kier alpha value is -1.57. The number of hydrogen-bond acceptors (Lipinski definition) is 6. The van der Waals surface area contributed by atoms with Gasteiger partial charge in [-0.05, 0) is 32.3 Å². The van der Waals surface area contributed by atoms with Gasteiger partial charge in [-0.3, -0.25) is 0 Å². The zero-order chi connectivity index (χ0) is 14.1. The van der Waals surface area contributed by atoms with E-state index in [1.165, 1.54) is 0 Å². The molecule has 0 fully saturated rings. The van der Waals surface area contributed by atoms with E-state index in [0.717, 1.165) is 34.4 Å². The molecule has 0 unspecified atom stereocenters. The first-order chi connectivity index (χ1) is 9.63. The Morgan fingerprint density at radius 3 is 2.86 bits per heavy atom. The van der Waals surface area contributed by atoms with Crippen LogP contribution in [-0.2, 0) is 0 Å². The molecule has 0 saturated heterocycles. The fourth-order valence-electron chi connectivity index (χ4n) is 1.95. The number of rotatable bonds is 4. The zero-order valence-corrected chi connectivity index (χ0v) is 13.5. The third-order valence-corrected chi connectivity index (χ3v) is 3.81. The fourth-order valence-corrected chi connectivity index (χ4v) is 2.85. The number of H-pyrrole nitrogens is 1. The lowest BCUT2D eigenvalue weighted by Gasteiger charge is -2.07. The van der Waals surface area contributed by atoms with Crippen molar-refractivity contribution in [2.45, 2.75) is 5.16 Å². The number of halogens is 1. The maximum Gasteiger partial charge on any atom is 0.211 e. The molecule has 112 valence electrons. The largest absolute Gasteiger partial charge is 0.399 e. The molecule has 1 aromatic carbocycles. The first kappa shape index (κ1) is 15.8. The van der Waals surface area contributed by atoms with Crippen LogP contribution in [0.3, 0.4) is 0 Å². The van der Waals surface area contributed by atoms with Gasteiger partial charge in [-0.25, -0.2) is 4.98 Å². The van der Waals surface area contributed by atoms with Crippen LogP contribution in [0.1, 0.15) is 0 Å². The number of fused-ring (bicyclic) bond motifs is 3. The number of nitrogen functional groups attached to an aromatic ring is 1. The summed E-state index contributed by atoms with van der Waals surface area (Å²) in [7, 11) is 4.09. The van der Waals surface area contributed by atoms with Gasteiger partial charge in [0, 0.05) is 28.9 Å². The van der Waals surface area contributed by atoms with Crippen LogP contribution >= 0.6 is 24.2 Å². The summed E-state index contributed by atoms with van der Waals surface area (Å²) in [5, 5.41) is 10.1. The van der Waals surface area contributed by atoms with E-state index in [4.69, 9.17) is 5.73 Å². The van der Waals surface area contributed by atoms with Crippen molar-refractivity contribution in [3.8, 4) is 0 Å². The molecule has 3 N–H and O–H groups in total. The Morgan fingerprint density at radius 1 is 1.29 bits per heavy atom. The minimum Gasteiger partial charge on any atom is -0.399 e. The van der Waals surface area contributed by atoms with Crippen molar-refractivity contribution in [2.24, 2.45) is 0 Å². The lowest BCUT2D eigenvalue weighted by Crippen LogP contribution is -2.14. The predicted octanol–water partition coefficient (Wildman–Crippen LogP) is 2.16. The summed E-state index contributed by atoms with van der Waals surface area (Å²) in [5.74, 6) is 0.938. The molecular formula is C13H17ClN6S. The quantitative estimate of drug-likeness (QED) is 0.565. The topological polar surface area (TPSA) is 83.7 Å². The third kappa shape index (κ3) is 3.37. The number of aromatic nitrogens is 4. The molecule has 0 saturated carbocycles. The van der Waals surface area contributed by atoms with Gasteiger partial charge >= 0.3 is 0 Å². The normalized spacial score (nSPS) is 11.2. The molecule has 0 atom stereocenters. The summed E-state index contributed by atoms with van der Waals surface area (Å²) < 4.78 is 0. The molecule has 0 aliphatic carbocycles. The molecule has 0 radical (unpaired) electrons. The van der Waals surface area contributed by atoms with Gasteiger partial charge in [0.15, 0.2) is 5.65 Å². The second-order valence-corrected chi connectivity index (χ2v) is 5.94. The molecule has 0 amide bonds. The molecule has 2 heterocycles. The van der Waals surface area contributed by atoms with E-state index in [1.54, 1.807) is 11.8 Å². The minimum absolute atomic E-state index is 0. The van der Waals surface area contributed by atoms with Gasteiger partial charge in [0.2, 0.25) is 5.16 Å². The van der Waals surface area contributed by atoms with Gasteiger partial charge in [0.25, 0.3) is 0 Å². The minimum atomic E-state index is 0. The number of nitrogens with zero attached hydrogens (tertiary/aromatic N) is 4. The van der Waals surface area contributed by atoms with E-state index < -0.39 is 0 Å². The Morgan fingerprint density at radius 2 is 2.10 bits per heavy atom. The van der Waals surface area contributed by atoms with E-state index in [1.807, 2.05) is 32.3 Å². The molecule has 21 heavy (non-hydrogen) atoms. The summed E-state index contributed by atoms with van der Waals surface area (Å²) in [6, 6.07) is 5.69. The van der Waals surface area contributed by atoms with Crippen LogP contribution in [0.2, 0.25) is 0 Å². The Labute approximate surface area is 132 Å². The van der Waals surface area contributed by atoms with Crippen molar-refractivity contribution >= 4 is 51.9 Å². The van der Waals surface area contributed by atoms with Crippen LogP contribution in [0, 0.1) is 0 Å². The van der Waals surface area contributed by atoms with Gasteiger partial charge < -0.3 is 15.6 Å². The highest BCUT2D eigenvalue weighted by Gasteiger charge is 2.09. The summed E-state index contributed by atoms with van der Waals surface area (Å²) in [5.41, 5.74) is 9.02. The van der Waals surface area contributed by atoms with Crippen LogP contribution in [0.5, 0.6) is 0 Å². The van der Waals surface area contributed by atoms with Crippen molar-refractivity contribution < 1.29 is 0 Å². The van der Waals surface area contributed by atoms with Crippen molar-refractivity contribution in [1.29, 1.82) is 0 Å². The van der Waals surface area contributed by atoms with Crippen molar-refractivity contribution in [3.05, 3.63) is 18.2 Å². The fraction of sp³-hybridized carbons (Fsp3) is 0.308. The Bertz CT molecular complexity index is 757. The smallest absolute Gasteiger partial charge is 0.211 e. The Balaban J connectivity index is 0.00000161. The first-order valence-electron chi connectivity index (χ1n) is 6.32. The van der Waals surface area contributed by atoms with Gasteiger partial charge in [0.05, 0.1) is 0 Å². The van der Waals surface area contributed by atoms with E-state index in [2.05, 4.69) is 25.1 Å². The third-order valence-electron chi connectivity index (χ3n) is 2.99. The van der Waals surface area contributed by atoms with Crippen LogP contribution < -0.4 is 5.73 Å². The van der Waals surface area contributed by atoms with Crippen molar-refractivity contribution in [3.63, 3.8) is 0 Å². The number of nitrogens with two attached hydrogens (primary N) is 1.